The normalized spacial score (nSPS) is 12.1. The van der Waals surface area contributed by atoms with Crippen LogP contribution in [0.2, 0.25) is 5.02 Å². The van der Waals surface area contributed by atoms with Crippen LogP contribution in [0.25, 0.3) is 0 Å². The maximum absolute atomic E-state index is 14.1. The molecule has 1 unspecified atom stereocenters. The zero-order valence-corrected chi connectivity index (χ0v) is 25.0. The predicted molar refractivity (Wildman–Crippen MR) is 159 cm³/mol. The van der Waals surface area contributed by atoms with Crippen molar-refractivity contribution in [2.75, 3.05) is 24.2 Å². The molecule has 40 heavy (non-hydrogen) atoms. The van der Waals surface area contributed by atoms with E-state index in [0.29, 0.717) is 10.8 Å². The number of nitrogens with one attached hydrogen (secondary N) is 1. The van der Waals surface area contributed by atoms with E-state index in [-0.39, 0.29) is 30.6 Å². The molecule has 0 bridgehead atoms. The van der Waals surface area contributed by atoms with Crippen molar-refractivity contribution in [3.63, 3.8) is 0 Å². The SMILES string of the molecule is COc1ccc(C)cc1N(CC(=O)N(Cc1ccc(Cl)cc1)C(Cc1ccccc1)C(=O)NC(C)C)S(C)(=O)=O. The minimum atomic E-state index is -3.91. The Kier molecular flexibility index (Phi) is 10.6. The van der Waals surface area contributed by atoms with E-state index in [4.69, 9.17) is 16.3 Å². The molecule has 0 heterocycles. The van der Waals surface area contributed by atoms with E-state index in [1.165, 1.54) is 12.0 Å². The zero-order valence-electron chi connectivity index (χ0n) is 23.4. The number of carbonyl (C=O) groups is 2. The fourth-order valence-electron chi connectivity index (χ4n) is 4.31. The summed E-state index contributed by atoms with van der Waals surface area (Å²) in [6, 6.07) is 20.4. The first-order chi connectivity index (χ1) is 18.9. The Morgan fingerprint density at radius 2 is 1.62 bits per heavy atom. The molecule has 0 aliphatic heterocycles. The number of sulfonamides is 1. The molecule has 3 aromatic rings. The summed E-state index contributed by atoms with van der Waals surface area (Å²) in [5.41, 5.74) is 2.65. The van der Waals surface area contributed by atoms with Crippen molar-refractivity contribution in [3.05, 3.63) is 94.5 Å². The molecular formula is C30H36ClN3O5S. The van der Waals surface area contributed by atoms with Crippen molar-refractivity contribution in [2.45, 2.75) is 45.8 Å². The molecule has 1 N–H and O–H groups in total. The molecule has 0 fully saturated rings. The van der Waals surface area contributed by atoms with Gasteiger partial charge >= 0.3 is 0 Å². The van der Waals surface area contributed by atoms with Crippen LogP contribution >= 0.6 is 11.6 Å². The van der Waals surface area contributed by atoms with E-state index < -0.39 is 28.5 Å². The maximum atomic E-state index is 14.1. The highest BCUT2D eigenvalue weighted by Gasteiger charge is 2.34. The highest BCUT2D eigenvalue weighted by Crippen LogP contribution is 2.31. The third kappa shape index (κ3) is 8.47. The number of benzene rings is 3. The van der Waals surface area contributed by atoms with Gasteiger partial charge in [0.15, 0.2) is 0 Å². The average Bonchev–Trinajstić information content (AvgIpc) is 2.89. The number of rotatable bonds is 12. The molecule has 0 aromatic heterocycles. The third-order valence-corrected chi connectivity index (χ3v) is 7.63. The molecule has 2 amide bonds. The van der Waals surface area contributed by atoms with Gasteiger partial charge < -0.3 is 15.0 Å². The van der Waals surface area contributed by atoms with Gasteiger partial charge in [-0.15, -0.1) is 0 Å². The molecule has 3 rings (SSSR count). The number of amides is 2. The van der Waals surface area contributed by atoms with E-state index in [1.807, 2.05) is 51.1 Å². The van der Waals surface area contributed by atoms with Crippen LogP contribution in [-0.2, 0) is 32.6 Å². The van der Waals surface area contributed by atoms with E-state index in [9.17, 15) is 18.0 Å². The summed E-state index contributed by atoms with van der Waals surface area (Å²) in [5, 5.41) is 3.47. The molecule has 0 saturated heterocycles. The van der Waals surface area contributed by atoms with E-state index in [2.05, 4.69) is 5.32 Å². The number of halogens is 1. The molecule has 10 heteroatoms. The Hall–Kier alpha value is -3.56. The molecule has 0 spiro atoms. The van der Waals surface area contributed by atoms with Gasteiger partial charge in [-0.3, -0.25) is 13.9 Å². The van der Waals surface area contributed by atoms with Crippen molar-refractivity contribution in [3.8, 4) is 5.75 Å². The lowest BCUT2D eigenvalue weighted by Crippen LogP contribution is -2.54. The molecule has 0 saturated carbocycles. The van der Waals surface area contributed by atoms with Gasteiger partial charge in [-0.25, -0.2) is 8.42 Å². The number of hydrogen-bond acceptors (Lipinski definition) is 5. The van der Waals surface area contributed by atoms with Crippen molar-refractivity contribution >= 4 is 39.1 Å². The summed E-state index contributed by atoms with van der Waals surface area (Å²) < 4.78 is 32.5. The van der Waals surface area contributed by atoms with Crippen LogP contribution in [0.5, 0.6) is 5.75 Å². The largest absolute Gasteiger partial charge is 0.495 e. The van der Waals surface area contributed by atoms with Gasteiger partial charge in [0, 0.05) is 24.0 Å². The van der Waals surface area contributed by atoms with Gasteiger partial charge in [-0.2, -0.15) is 0 Å². The van der Waals surface area contributed by atoms with E-state index >= 15 is 0 Å². The first-order valence-electron chi connectivity index (χ1n) is 12.9. The molecule has 0 aliphatic carbocycles. The second kappa shape index (κ2) is 13.7. The van der Waals surface area contributed by atoms with Crippen LogP contribution in [0.4, 0.5) is 5.69 Å². The topological polar surface area (TPSA) is 96.0 Å². The van der Waals surface area contributed by atoms with Gasteiger partial charge in [0.05, 0.1) is 19.1 Å². The second-order valence-electron chi connectivity index (χ2n) is 9.96. The van der Waals surface area contributed by atoms with Gasteiger partial charge in [0.2, 0.25) is 21.8 Å². The van der Waals surface area contributed by atoms with Crippen LogP contribution in [0.15, 0.2) is 72.8 Å². The van der Waals surface area contributed by atoms with Gasteiger partial charge in [-0.05, 0) is 61.7 Å². The Labute approximate surface area is 241 Å². The molecule has 8 nitrogen and oxygen atoms in total. The number of methoxy groups -OCH3 is 1. The number of ether oxygens (including phenoxy) is 1. The standard InChI is InChI=1S/C30H36ClN3O5S/c1-21(2)32-30(36)27(18-23-9-7-6-8-10-23)33(19-24-12-14-25(31)15-13-24)29(35)20-34(40(5,37)38)26-17-22(3)11-16-28(26)39-4/h6-17,21,27H,18-20H2,1-5H3,(H,32,36). The van der Waals surface area contributed by atoms with Crippen LogP contribution in [0, 0.1) is 6.92 Å². The van der Waals surface area contributed by atoms with Crippen molar-refractivity contribution in [1.29, 1.82) is 0 Å². The number of anilines is 1. The van der Waals surface area contributed by atoms with Gasteiger partial charge in [0.25, 0.3) is 0 Å². The lowest BCUT2D eigenvalue weighted by molar-refractivity contribution is -0.140. The highest BCUT2D eigenvalue weighted by molar-refractivity contribution is 7.92. The smallest absolute Gasteiger partial charge is 0.244 e. The fourth-order valence-corrected chi connectivity index (χ4v) is 5.28. The van der Waals surface area contributed by atoms with Gasteiger partial charge in [0.1, 0.15) is 18.3 Å². The lowest BCUT2D eigenvalue weighted by atomic mass is 10.0. The molecule has 0 aliphatic rings. The van der Waals surface area contributed by atoms with E-state index in [0.717, 1.165) is 27.3 Å². The molecular weight excluding hydrogens is 550 g/mol. The zero-order chi connectivity index (χ0) is 29.4. The summed E-state index contributed by atoms with van der Waals surface area (Å²) in [4.78, 5) is 29.1. The van der Waals surface area contributed by atoms with Crippen LogP contribution in [0.3, 0.4) is 0 Å². The minimum absolute atomic E-state index is 0.0710. The summed E-state index contributed by atoms with van der Waals surface area (Å²) in [5.74, 6) is -0.560. The molecule has 0 radical (unpaired) electrons. The van der Waals surface area contributed by atoms with Crippen molar-refractivity contribution < 1.29 is 22.7 Å². The Bertz CT molecular complexity index is 1410. The number of nitrogens with zero attached hydrogens (tertiary/aromatic N) is 2. The Balaban J connectivity index is 2.09. The summed E-state index contributed by atoms with van der Waals surface area (Å²) in [7, 11) is -2.47. The van der Waals surface area contributed by atoms with Crippen LogP contribution in [0.1, 0.15) is 30.5 Å². The average molecular weight is 586 g/mol. The molecule has 3 aromatic carbocycles. The number of aryl methyl sites for hydroxylation is 1. The summed E-state index contributed by atoms with van der Waals surface area (Å²) in [6.45, 7) is 5.06. The Morgan fingerprint density at radius 3 is 2.20 bits per heavy atom. The fraction of sp³-hybridized carbons (Fsp3) is 0.333. The first kappa shape index (κ1) is 31.0. The van der Waals surface area contributed by atoms with Crippen LogP contribution in [-0.4, -0.2) is 57.1 Å². The monoisotopic (exact) mass is 585 g/mol. The highest BCUT2D eigenvalue weighted by atomic mass is 35.5. The predicted octanol–water partition coefficient (Wildman–Crippen LogP) is 4.59. The molecule has 214 valence electrons. The summed E-state index contributed by atoms with van der Waals surface area (Å²) in [6.07, 6.45) is 1.28. The quantitative estimate of drug-likeness (QED) is 0.335. The van der Waals surface area contributed by atoms with Gasteiger partial charge in [-0.1, -0.05) is 60.1 Å². The maximum Gasteiger partial charge on any atom is 0.244 e. The van der Waals surface area contributed by atoms with Crippen LogP contribution < -0.4 is 14.4 Å². The van der Waals surface area contributed by atoms with Crippen molar-refractivity contribution in [1.82, 2.24) is 10.2 Å². The number of hydrogen-bond donors (Lipinski definition) is 1. The lowest BCUT2D eigenvalue weighted by Gasteiger charge is -2.34. The first-order valence-corrected chi connectivity index (χ1v) is 15.1. The third-order valence-electron chi connectivity index (χ3n) is 6.25. The number of carbonyl (C=O) groups excluding carboxylic acids is 2. The second-order valence-corrected chi connectivity index (χ2v) is 12.3. The Morgan fingerprint density at radius 1 is 0.975 bits per heavy atom. The summed E-state index contributed by atoms with van der Waals surface area (Å²) >= 11 is 6.09. The van der Waals surface area contributed by atoms with E-state index in [1.54, 1.807) is 42.5 Å². The van der Waals surface area contributed by atoms with Crippen molar-refractivity contribution in [2.24, 2.45) is 0 Å². The molecule has 1 atom stereocenters. The minimum Gasteiger partial charge on any atom is -0.495 e.